The van der Waals surface area contributed by atoms with E-state index in [1.54, 1.807) is 30.3 Å². The van der Waals surface area contributed by atoms with E-state index in [1.165, 1.54) is 6.08 Å². The molecule has 1 aliphatic rings. The first-order chi connectivity index (χ1) is 13.5. The monoisotopic (exact) mass is 398 g/mol. The van der Waals surface area contributed by atoms with Crippen molar-refractivity contribution in [1.82, 2.24) is 9.97 Å². The van der Waals surface area contributed by atoms with Crippen molar-refractivity contribution in [3.8, 4) is 11.5 Å². The zero-order chi connectivity index (χ0) is 19.7. The lowest BCUT2D eigenvalue weighted by atomic mass is 10.1. The number of nitrogens with zero attached hydrogens (tertiary/aromatic N) is 1. The van der Waals surface area contributed by atoms with Gasteiger partial charge in [-0.1, -0.05) is 23.7 Å². The lowest BCUT2D eigenvalue weighted by Crippen LogP contribution is -2.14. The fraction of sp³-hybridized carbons (Fsp3) is 0.150. The van der Waals surface area contributed by atoms with E-state index in [2.05, 4.69) is 9.97 Å². The fourth-order valence-corrected chi connectivity index (χ4v) is 3.13. The van der Waals surface area contributed by atoms with Crippen LogP contribution in [0.25, 0.3) is 17.0 Å². The third-order valence-electron chi connectivity index (χ3n) is 4.20. The zero-order valence-corrected chi connectivity index (χ0v) is 15.6. The molecule has 4 rings (SSSR count). The molecule has 2 heterocycles. The fourth-order valence-electron chi connectivity index (χ4n) is 2.86. The van der Waals surface area contributed by atoms with Gasteiger partial charge in [0.05, 0.1) is 15.9 Å². The van der Waals surface area contributed by atoms with Crippen molar-refractivity contribution in [2.45, 2.75) is 13.5 Å². The van der Waals surface area contributed by atoms with Crippen LogP contribution in [0.3, 0.4) is 0 Å². The highest BCUT2D eigenvalue weighted by Crippen LogP contribution is 2.40. The summed E-state index contributed by atoms with van der Waals surface area (Å²) in [6, 6.07) is 8.72. The molecule has 0 bridgehead atoms. The molecule has 142 valence electrons. The number of H-pyrrole nitrogens is 1. The molecule has 0 radical (unpaired) electrons. The molecular formula is C20H15ClN2O5. The number of rotatable bonds is 4. The summed E-state index contributed by atoms with van der Waals surface area (Å²) in [5.41, 5.74) is 1.85. The Labute approximate surface area is 164 Å². The number of carbonyl (C=O) groups is 1. The molecule has 1 aromatic heterocycles. The van der Waals surface area contributed by atoms with Crippen molar-refractivity contribution >= 4 is 34.5 Å². The van der Waals surface area contributed by atoms with Crippen molar-refractivity contribution in [2.24, 2.45) is 0 Å². The van der Waals surface area contributed by atoms with Crippen LogP contribution in [0.15, 0.2) is 41.2 Å². The number of esters is 1. The van der Waals surface area contributed by atoms with Crippen molar-refractivity contribution in [3.05, 3.63) is 68.7 Å². The number of aromatic nitrogens is 2. The highest BCUT2D eigenvalue weighted by atomic mass is 35.5. The molecule has 3 aromatic rings. The van der Waals surface area contributed by atoms with Gasteiger partial charge in [-0.15, -0.1) is 0 Å². The first kappa shape index (κ1) is 18.1. The maximum absolute atomic E-state index is 12.1. The molecule has 0 spiro atoms. The summed E-state index contributed by atoms with van der Waals surface area (Å²) in [4.78, 5) is 31.2. The van der Waals surface area contributed by atoms with E-state index in [4.69, 9.17) is 25.8 Å². The van der Waals surface area contributed by atoms with Crippen LogP contribution in [0.2, 0.25) is 5.02 Å². The van der Waals surface area contributed by atoms with Gasteiger partial charge in [-0.25, -0.2) is 9.78 Å². The summed E-state index contributed by atoms with van der Waals surface area (Å²) in [5.74, 6) is 0.706. The number of aromatic amines is 1. The van der Waals surface area contributed by atoms with Crippen LogP contribution in [0.1, 0.15) is 17.0 Å². The third kappa shape index (κ3) is 3.57. The number of benzene rings is 2. The number of aryl methyl sites for hydroxylation is 1. The number of halogens is 1. The second-order valence-corrected chi connectivity index (χ2v) is 6.57. The van der Waals surface area contributed by atoms with E-state index in [0.717, 1.165) is 5.56 Å². The molecule has 1 aliphatic heterocycles. The number of ether oxygens (including phenoxy) is 3. The van der Waals surface area contributed by atoms with E-state index in [1.807, 2.05) is 13.0 Å². The molecule has 28 heavy (non-hydrogen) atoms. The molecule has 1 N–H and O–H groups in total. The Morgan fingerprint density at radius 1 is 1.36 bits per heavy atom. The van der Waals surface area contributed by atoms with Gasteiger partial charge < -0.3 is 19.2 Å². The van der Waals surface area contributed by atoms with Crippen molar-refractivity contribution in [1.29, 1.82) is 0 Å². The van der Waals surface area contributed by atoms with Crippen LogP contribution in [-0.4, -0.2) is 22.7 Å². The average Bonchev–Trinajstić information content (AvgIpc) is 3.15. The number of fused-ring (bicyclic) bond motifs is 2. The summed E-state index contributed by atoms with van der Waals surface area (Å²) in [6.07, 6.45) is 2.81. The Balaban J connectivity index is 1.46. The van der Waals surface area contributed by atoms with Gasteiger partial charge in [-0.3, -0.25) is 4.79 Å². The molecule has 0 saturated heterocycles. The third-order valence-corrected chi connectivity index (χ3v) is 4.48. The Kier molecular flexibility index (Phi) is 4.75. The predicted octanol–water partition coefficient (Wildman–Crippen LogP) is 3.37. The molecule has 0 fully saturated rings. The van der Waals surface area contributed by atoms with E-state index in [-0.39, 0.29) is 24.8 Å². The van der Waals surface area contributed by atoms with Gasteiger partial charge in [0.2, 0.25) is 6.79 Å². The SMILES string of the molecule is Cc1cccc2c(=O)[nH]c(COC(=O)/C=C/c3cc(Cl)c4c(c3)OCO4)nc12. The molecule has 0 saturated carbocycles. The van der Waals surface area contributed by atoms with E-state index >= 15 is 0 Å². The lowest BCUT2D eigenvalue weighted by Gasteiger charge is -2.05. The highest BCUT2D eigenvalue weighted by molar-refractivity contribution is 6.32. The largest absolute Gasteiger partial charge is 0.454 e. The minimum Gasteiger partial charge on any atom is -0.454 e. The maximum Gasteiger partial charge on any atom is 0.331 e. The molecule has 2 aromatic carbocycles. The quantitative estimate of drug-likeness (QED) is 0.535. The van der Waals surface area contributed by atoms with Crippen LogP contribution in [0.4, 0.5) is 0 Å². The van der Waals surface area contributed by atoms with Crippen LogP contribution in [0, 0.1) is 6.92 Å². The second kappa shape index (κ2) is 7.36. The number of nitrogens with one attached hydrogen (secondary N) is 1. The van der Waals surface area contributed by atoms with Gasteiger partial charge in [-0.05, 0) is 42.3 Å². The summed E-state index contributed by atoms with van der Waals surface area (Å²) >= 11 is 6.11. The Bertz CT molecular complexity index is 1170. The van der Waals surface area contributed by atoms with Gasteiger partial charge in [0, 0.05) is 6.08 Å². The van der Waals surface area contributed by atoms with Crippen LogP contribution < -0.4 is 15.0 Å². The smallest absolute Gasteiger partial charge is 0.331 e. The Hall–Kier alpha value is -3.32. The number of hydrogen-bond acceptors (Lipinski definition) is 6. The molecular weight excluding hydrogens is 384 g/mol. The Morgan fingerprint density at radius 3 is 3.07 bits per heavy atom. The van der Waals surface area contributed by atoms with Gasteiger partial charge >= 0.3 is 5.97 Å². The Morgan fingerprint density at radius 2 is 2.21 bits per heavy atom. The van der Waals surface area contributed by atoms with Crippen LogP contribution >= 0.6 is 11.6 Å². The molecule has 0 unspecified atom stereocenters. The maximum atomic E-state index is 12.1. The normalized spacial score (nSPS) is 12.6. The average molecular weight is 399 g/mol. The van der Waals surface area contributed by atoms with Crippen LogP contribution in [-0.2, 0) is 16.1 Å². The van der Waals surface area contributed by atoms with Gasteiger partial charge in [-0.2, -0.15) is 0 Å². The second-order valence-electron chi connectivity index (χ2n) is 6.16. The first-order valence-corrected chi connectivity index (χ1v) is 8.81. The number of para-hydroxylation sites is 1. The number of carbonyl (C=O) groups excluding carboxylic acids is 1. The first-order valence-electron chi connectivity index (χ1n) is 8.44. The highest BCUT2D eigenvalue weighted by Gasteiger charge is 2.17. The summed E-state index contributed by atoms with van der Waals surface area (Å²) in [6.45, 7) is 1.83. The van der Waals surface area contributed by atoms with E-state index in [0.29, 0.717) is 33.0 Å². The summed E-state index contributed by atoms with van der Waals surface area (Å²) in [7, 11) is 0. The summed E-state index contributed by atoms with van der Waals surface area (Å²) < 4.78 is 15.7. The summed E-state index contributed by atoms with van der Waals surface area (Å²) in [5, 5.41) is 0.894. The molecule has 7 nitrogen and oxygen atoms in total. The van der Waals surface area contributed by atoms with Gasteiger partial charge in [0.1, 0.15) is 12.4 Å². The molecule has 0 aliphatic carbocycles. The van der Waals surface area contributed by atoms with Gasteiger partial charge in [0.15, 0.2) is 11.5 Å². The van der Waals surface area contributed by atoms with Crippen molar-refractivity contribution in [3.63, 3.8) is 0 Å². The van der Waals surface area contributed by atoms with E-state index in [9.17, 15) is 9.59 Å². The predicted molar refractivity (Wildman–Crippen MR) is 104 cm³/mol. The van der Waals surface area contributed by atoms with Crippen LogP contribution in [0.5, 0.6) is 11.5 Å². The molecule has 8 heteroatoms. The minimum absolute atomic E-state index is 0.112. The van der Waals surface area contributed by atoms with Crippen molar-refractivity contribution in [2.75, 3.05) is 6.79 Å². The molecule has 0 amide bonds. The topological polar surface area (TPSA) is 90.5 Å². The minimum atomic E-state index is -0.582. The zero-order valence-electron chi connectivity index (χ0n) is 14.8. The standard InChI is InChI=1S/C20H15ClN2O5/c1-11-3-2-4-13-18(11)22-16(23-20(13)25)9-26-17(24)6-5-12-7-14(21)19-15(8-12)27-10-28-19/h2-8H,9-10H2,1H3,(H,22,23,25)/b6-5+. The number of hydrogen-bond donors (Lipinski definition) is 1. The van der Waals surface area contributed by atoms with E-state index < -0.39 is 5.97 Å². The van der Waals surface area contributed by atoms with Crippen molar-refractivity contribution < 1.29 is 19.0 Å². The lowest BCUT2D eigenvalue weighted by molar-refractivity contribution is -0.139. The van der Waals surface area contributed by atoms with Gasteiger partial charge in [0.25, 0.3) is 5.56 Å². The molecule has 0 atom stereocenters.